The summed E-state index contributed by atoms with van der Waals surface area (Å²) in [4.78, 5) is 13.4. The quantitative estimate of drug-likeness (QED) is 0.843. The predicted molar refractivity (Wildman–Crippen MR) is 82.7 cm³/mol. The lowest BCUT2D eigenvalue weighted by Gasteiger charge is -2.47. The van der Waals surface area contributed by atoms with E-state index in [9.17, 15) is 9.90 Å². The van der Waals surface area contributed by atoms with Gasteiger partial charge in [-0.2, -0.15) is 0 Å². The molecule has 1 aliphatic rings. The van der Waals surface area contributed by atoms with Gasteiger partial charge in [-0.3, -0.25) is 0 Å². The Kier molecular flexibility index (Phi) is 4.43. The van der Waals surface area contributed by atoms with E-state index in [1.807, 2.05) is 20.8 Å². The minimum absolute atomic E-state index is 0.188. The van der Waals surface area contributed by atoms with Crippen molar-refractivity contribution in [2.24, 2.45) is 0 Å². The van der Waals surface area contributed by atoms with E-state index in [0.29, 0.717) is 10.6 Å². The standard InChI is InChI=1S/C15H19Cl2NO3/c1-14(2,3)21-13(19)18-8-15(20,9-18)12-5-4-11(17)6-10(12)7-16/h4-6,20H,7-9H2,1-3H3. The van der Waals surface area contributed by atoms with E-state index in [1.54, 1.807) is 18.2 Å². The van der Waals surface area contributed by atoms with Gasteiger partial charge in [0.25, 0.3) is 0 Å². The van der Waals surface area contributed by atoms with Crippen molar-refractivity contribution in [2.75, 3.05) is 13.1 Å². The molecule has 2 rings (SSSR count). The molecule has 0 aromatic heterocycles. The first kappa shape index (κ1) is 16.4. The van der Waals surface area contributed by atoms with Gasteiger partial charge in [0.15, 0.2) is 0 Å². The molecule has 0 saturated carbocycles. The number of rotatable bonds is 2. The normalized spacial score (nSPS) is 17.3. The molecule has 1 aromatic carbocycles. The van der Waals surface area contributed by atoms with Crippen molar-refractivity contribution in [1.82, 2.24) is 4.90 Å². The van der Waals surface area contributed by atoms with Crippen LogP contribution in [0.3, 0.4) is 0 Å². The van der Waals surface area contributed by atoms with Crippen LogP contribution in [0.5, 0.6) is 0 Å². The highest BCUT2D eigenvalue weighted by atomic mass is 35.5. The first-order valence-corrected chi connectivity index (χ1v) is 7.61. The fourth-order valence-electron chi connectivity index (χ4n) is 2.34. The Morgan fingerprint density at radius 2 is 2.05 bits per heavy atom. The fourth-order valence-corrected chi connectivity index (χ4v) is 2.75. The molecular weight excluding hydrogens is 313 g/mol. The van der Waals surface area contributed by atoms with Gasteiger partial charge in [-0.05, 0) is 44.0 Å². The lowest BCUT2D eigenvalue weighted by Crippen LogP contribution is -2.62. The van der Waals surface area contributed by atoms with Crippen molar-refractivity contribution in [1.29, 1.82) is 0 Å². The predicted octanol–water partition coefficient (Wildman–Crippen LogP) is 3.52. The van der Waals surface area contributed by atoms with Crippen molar-refractivity contribution < 1.29 is 14.6 Å². The van der Waals surface area contributed by atoms with Crippen molar-refractivity contribution in [3.05, 3.63) is 34.3 Å². The van der Waals surface area contributed by atoms with E-state index >= 15 is 0 Å². The third kappa shape index (κ3) is 3.62. The average Bonchev–Trinajstić information content (AvgIpc) is 2.32. The Balaban J connectivity index is 2.09. The van der Waals surface area contributed by atoms with E-state index in [4.69, 9.17) is 27.9 Å². The van der Waals surface area contributed by atoms with Gasteiger partial charge in [0.2, 0.25) is 0 Å². The molecule has 21 heavy (non-hydrogen) atoms. The Hall–Kier alpha value is -0.970. The minimum atomic E-state index is -1.09. The Morgan fingerprint density at radius 1 is 1.43 bits per heavy atom. The maximum atomic E-state index is 11.9. The molecule has 116 valence electrons. The summed E-state index contributed by atoms with van der Waals surface area (Å²) in [6, 6.07) is 5.20. The average molecular weight is 332 g/mol. The van der Waals surface area contributed by atoms with Crippen LogP contribution in [0, 0.1) is 0 Å². The molecule has 1 aromatic rings. The first-order chi connectivity index (χ1) is 9.64. The number of carbonyl (C=O) groups excluding carboxylic acids is 1. The molecule has 1 heterocycles. The summed E-state index contributed by atoms with van der Waals surface area (Å²) in [6.45, 7) is 5.80. The zero-order chi connectivity index (χ0) is 15.8. The van der Waals surface area contributed by atoms with Crippen LogP contribution >= 0.6 is 23.2 Å². The van der Waals surface area contributed by atoms with Gasteiger partial charge in [-0.1, -0.05) is 17.7 Å². The van der Waals surface area contributed by atoms with Crippen molar-refractivity contribution in [3.8, 4) is 0 Å². The van der Waals surface area contributed by atoms with Crippen LogP contribution in [0.15, 0.2) is 18.2 Å². The molecule has 1 saturated heterocycles. The lowest BCUT2D eigenvalue weighted by molar-refractivity contribution is -0.104. The maximum Gasteiger partial charge on any atom is 0.410 e. The number of aliphatic hydroxyl groups is 1. The van der Waals surface area contributed by atoms with E-state index < -0.39 is 17.3 Å². The van der Waals surface area contributed by atoms with E-state index in [1.165, 1.54) is 4.90 Å². The first-order valence-electron chi connectivity index (χ1n) is 6.70. The summed E-state index contributed by atoms with van der Waals surface area (Å²) in [5.74, 6) is 0.255. The van der Waals surface area contributed by atoms with Crippen LogP contribution in [0.4, 0.5) is 4.79 Å². The van der Waals surface area contributed by atoms with E-state index in [0.717, 1.165) is 5.56 Å². The van der Waals surface area contributed by atoms with Crippen LogP contribution < -0.4 is 0 Å². The smallest absolute Gasteiger partial charge is 0.410 e. The summed E-state index contributed by atoms with van der Waals surface area (Å²) in [7, 11) is 0. The minimum Gasteiger partial charge on any atom is -0.444 e. The number of alkyl halides is 1. The molecule has 1 aliphatic heterocycles. The highest BCUT2D eigenvalue weighted by molar-refractivity contribution is 6.30. The Bertz CT molecular complexity index is 548. The summed E-state index contributed by atoms with van der Waals surface area (Å²) < 4.78 is 5.28. The molecular formula is C15H19Cl2NO3. The third-order valence-corrected chi connectivity index (χ3v) is 3.79. The number of benzene rings is 1. The molecule has 0 unspecified atom stereocenters. The number of hydrogen-bond donors (Lipinski definition) is 1. The molecule has 6 heteroatoms. The second kappa shape index (κ2) is 5.67. The van der Waals surface area contributed by atoms with Crippen LogP contribution in [-0.4, -0.2) is 34.8 Å². The maximum absolute atomic E-state index is 11.9. The van der Waals surface area contributed by atoms with Gasteiger partial charge in [-0.25, -0.2) is 4.79 Å². The van der Waals surface area contributed by atoms with E-state index in [2.05, 4.69) is 0 Å². The Labute approximate surface area is 134 Å². The number of nitrogens with zero attached hydrogens (tertiary/aromatic N) is 1. The van der Waals surface area contributed by atoms with Crippen molar-refractivity contribution in [3.63, 3.8) is 0 Å². The van der Waals surface area contributed by atoms with Gasteiger partial charge in [0.1, 0.15) is 11.2 Å². The highest BCUT2D eigenvalue weighted by Crippen LogP contribution is 2.36. The number of hydrogen-bond acceptors (Lipinski definition) is 3. The second-order valence-electron chi connectivity index (χ2n) is 6.30. The number of carbonyl (C=O) groups is 1. The SMILES string of the molecule is CC(C)(C)OC(=O)N1CC(O)(c2ccc(Cl)cc2CCl)C1. The molecule has 1 fully saturated rings. The molecule has 0 bridgehead atoms. The van der Waals surface area contributed by atoms with Crippen LogP contribution in [0.1, 0.15) is 31.9 Å². The third-order valence-electron chi connectivity index (χ3n) is 3.27. The fraction of sp³-hybridized carbons (Fsp3) is 0.533. The molecule has 1 amide bonds. The second-order valence-corrected chi connectivity index (χ2v) is 7.01. The van der Waals surface area contributed by atoms with E-state index in [-0.39, 0.29) is 19.0 Å². The van der Waals surface area contributed by atoms with Gasteiger partial charge in [0.05, 0.1) is 13.1 Å². The number of likely N-dealkylation sites (tertiary alicyclic amines) is 1. The summed E-state index contributed by atoms with van der Waals surface area (Å²) in [5.41, 5.74) is -0.157. The Morgan fingerprint density at radius 3 is 2.57 bits per heavy atom. The largest absolute Gasteiger partial charge is 0.444 e. The molecule has 0 spiro atoms. The molecule has 0 aliphatic carbocycles. The van der Waals surface area contributed by atoms with Crippen molar-refractivity contribution in [2.45, 2.75) is 37.9 Å². The van der Waals surface area contributed by atoms with Crippen LogP contribution in [-0.2, 0) is 16.2 Å². The lowest BCUT2D eigenvalue weighted by atomic mass is 9.84. The van der Waals surface area contributed by atoms with Crippen LogP contribution in [0.25, 0.3) is 0 Å². The van der Waals surface area contributed by atoms with Gasteiger partial charge >= 0.3 is 6.09 Å². The van der Waals surface area contributed by atoms with Crippen LogP contribution in [0.2, 0.25) is 5.02 Å². The van der Waals surface area contributed by atoms with Crippen molar-refractivity contribution >= 4 is 29.3 Å². The van der Waals surface area contributed by atoms with Gasteiger partial charge in [-0.15, -0.1) is 11.6 Å². The number of halogens is 2. The summed E-state index contributed by atoms with van der Waals surface area (Å²) in [5, 5.41) is 11.2. The zero-order valence-corrected chi connectivity index (χ0v) is 13.8. The summed E-state index contributed by atoms with van der Waals surface area (Å²) in [6.07, 6.45) is -0.423. The number of ether oxygens (including phenoxy) is 1. The van der Waals surface area contributed by atoms with Gasteiger partial charge in [0, 0.05) is 10.9 Å². The zero-order valence-electron chi connectivity index (χ0n) is 12.3. The molecule has 1 N–H and O–H groups in total. The van der Waals surface area contributed by atoms with Gasteiger partial charge < -0.3 is 14.7 Å². The molecule has 4 nitrogen and oxygen atoms in total. The molecule has 0 atom stereocenters. The monoisotopic (exact) mass is 331 g/mol. The topological polar surface area (TPSA) is 49.8 Å². The number of amides is 1. The summed E-state index contributed by atoms with van der Waals surface area (Å²) >= 11 is 11.8. The highest BCUT2D eigenvalue weighted by Gasteiger charge is 2.47. The molecule has 0 radical (unpaired) electrons. The number of β-amino-alcohol motifs (C(OH)–C–C–N with tert-alkyl or cyclic N) is 1.